The van der Waals surface area contributed by atoms with Crippen molar-refractivity contribution >= 4 is 17.3 Å². The molecule has 1 fully saturated rings. The minimum atomic E-state index is 0.614. The van der Waals surface area contributed by atoms with Crippen LogP contribution < -0.4 is 4.90 Å². The zero-order chi connectivity index (χ0) is 12.8. The first-order valence-electron chi connectivity index (χ1n) is 6.54. The van der Waals surface area contributed by atoms with E-state index in [4.69, 9.17) is 11.6 Å². The molecular formula is C15H21ClN2. The summed E-state index contributed by atoms with van der Waals surface area (Å²) in [5.41, 5.74) is 2.69. The monoisotopic (exact) mass is 264 g/mol. The van der Waals surface area contributed by atoms with Crippen LogP contribution in [0.25, 0.3) is 0 Å². The van der Waals surface area contributed by atoms with Crippen molar-refractivity contribution in [1.29, 1.82) is 0 Å². The number of rotatable bonds is 4. The van der Waals surface area contributed by atoms with Crippen LogP contribution in [0, 0.1) is 6.92 Å². The highest BCUT2D eigenvalue weighted by atomic mass is 35.5. The standard InChI is InChI=1S/C15H21ClN2/c1-14-5-4-6-15(13-14)18-11-9-17(10-12-18)8-3-2-7-16/h2-6,13H,7-12H2,1H3. The molecule has 0 bridgehead atoms. The maximum Gasteiger partial charge on any atom is 0.0404 e. The van der Waals surface area contributed by atoms with Crippen molar-refractivity contribution in [3.8, 4) is 0 Å². The van der Waals surface area contributed by atoms with Gasteiger partial charge >= 0.3 is 0 Å². The average Bonchev–Trinajstić information content (AvgIpc) is 2.40. The molecule has 0 atom stereocenters. The van der Waals surface area contributed by atoms with Gasteiger partial charge in [0.25, 0.3) is 0 Å². The number of anilines is 1. The summed E-state index contributed by atoms with van der Waals surface area (Å²) in [6.45, 7) is 7.64. The first-order valence-corrected chi connectivity index (χ1v) is 7.08. The molecule has 0 N–H and O–H groups in total. The molecular weight excluding hydrogens is 244 g/mol. The number of benzene rings is 1. The van der Waals surface area contributed by atoms with E-state index in [-0.39, 0.29) is 0 Å². The molecule has 0 amide bonds. The Kier molecular flexibility index (Phi) is 5.09. The van der Waals surface area contributed by atoms with E-state index >= 15 is 0 Å². The van der Waals surface area contributed by atoms with Gasteiger partial charge in [0, 0.05) is 44.3 Å². The fourth-order valence-corrected chi connectivity index (χ4v) is 2.43. The molecule has 0 spiro atoms. The molecule has 1 heterocycles. The van der Waals surface area contributed by atoms with Gasteiger partial charge < -0.3 is 4.90 Å². The lowest BCUT2D eigenvalue weighted by atomic mass is 10.2. The number of halogens is 1. The molecule has 1 saturated heterocycles. The van der Waals surface area contributed by atoms with Crippen LogP contribution in [-0.2, 0) is 0 Å². The zero-order valence-electron chi connectivity index (χ0n) is 11.0. The largest absolute Gasteiger partial charge is 0.369 e. The van der Waals surface area contributed by atoms with Gasteiger partial charge in [0.2, 0.25) is 0 Å². The fraction of sp³-hybridized carbons (Fsp3) is 0.467. The summed E-state index contributed by atoms with van der Waals surface area (Å²) >= 11 is 5.62. The molecule has 1 aliphatic rings. The van der Waals surface area contributed by atoms with Crippen molar-refractivity contribution in [2.45, 2.75) is 6.92 Å². The van der Waals surface area contributed by atoms with Gasteiger partial charge in [0.05, 0.1) is 0 Å². The van der Waals surface area contributed by atoms with Crippen molar-refractivity contribution in [3.05, 3.63) is 42.0 Å². The van der Waals surface area contributed by atoms with Crippen LogP contribution in [0.15, 0.2) is 36.4 Å². The van der Waals surface area contributed by atoms with E-state index in [0.717, 1.165) is 32.7 Å². The summed E-state index contributed by atoms with van der Waals surface area (Å²) in [6, 6.07) is 8.76. The van der Waals surface area contributed by atoms with E-state index in [1.807, 2.05) is 6.08 Å². The predicted octanol–water partition coefficient (Wildman–Crippen LogP) is 2.91. The summed E-state index contributed by atoms with van der Waals surface area (Å²) in [7, 11) is 0. The summed E-state index contributed by atoms with van der Waals surface area (Å²) in [6.07, 6.45) is 4.18. The number of nitrogens with zero attached hydrogens (tertiary/aromatic N) is 2. The molecule has 1 aliphatic heterocycles. The molecule has 2 rings (SSSR count). The van der Waals surface area contributed by atoms with Crippen molar-refractivity contribution in [3.63, 3.8) is 0 Å². The van der Waals surface area contributed by atoms with Crippen molar-refractivity contribution in [2.75, 3.05) is 43.5 Å². The van der Waals surface area contributed by atoms with Gasteiger partial charge in [-0.25, -0.2) is 0 Å². The van der Waals surface area contributed by atoms with Crippen molar-refractivity contribution in [2.24, 2.45) is 0 Å². The van der Waals surface area contributed by atoms with Crippen LogP contribution in [0.3, 0.4) is 0 Å². The summed E-state index contributed by atoms with van der Waals surface area (Å²) in [5.74, 6) is 0.614. The molecule has 0 aliphatic carbocycles. The second-order valence-corrected chi connectivity index (χ2v) is 5.06. The van der Waals surface area contributed by atoms with E-state index in [9.17, 15) is 0 Å². The van der Waals surface area contributed by atoms with Crippen LogP contribution >= 0.6 is 11.6 Å². The quantitative estimate of drug-likeness (QED) is 0.610. The number of hydrogen-bond donors (Lipinski definition) is 0. The first kappa shape index (κ1) is 13.4. The van der Waals surface area contributed by atoms with Gasteiger partial charge in [-0.05, 0) is 24.6 Å². The highest BCUT2D eigenvalue weighted by molar-refractivity contribution is 6.18. The van der Waals surface area contributed by atoms with Gasteiger partial charge in [-0.15, -0.1) is 11.6 Å². The lowest BCUT2D eigenvalue weighted by molar-refractivity contribution is 0.284. The van der Waals surface area contributed by atoms with Crippen LogP contribution in [0.4, 0.5) is 5.69 Å². The predicted molar refractivity (Wildman–Crippen MR) is 79.7 cm³/mol. The van der Waals surface area contributed by atoms with E-state index in [0.29, 0.717) is 5.88 Å². The van der Waals surface area contributed by atoms with E-state index in [1.165, 1.54) is 11.3 Å². The maximum absolute atomic E-state index is 5.62. The molecule has 0 aromatic heterocycles. The smallest absolute Gasteiger partial charge is 0.0404 e. The van der Waals surface area contributed by atoms with E-state index in [1.54, 1.807) is 0 Å². The molecule has 1 aromatic rings. The van der Waals surface area contributed by atoms with Crippen LogP contribution in [0.1, 0.15) is 5.56 Å². The maximum atomic E-state index is 5.62. The number of allylic oxidation sites excluding steroid dienone is 1. The highest BCUT2D eigenvalue weighted by Crippen LogP contribution is 2.17. The second-order valence-electron chi connectivity index (χ2n) is 4.75. The molecule has 0 saturated carbocycles. The molecule has 2 nitrogen and oxygen atoms in total. The molecule has 1 aromatic carbocycles. The minimum Gasteiger partial charge on any atom is -0.369 e. The minimum absolute atomic E-state index is 0.614. The summed E-state index contributed by atoms with van der Waals surface area (Å²) in [5, 5.41) is 0. The number of hydrogen-bond acceptors (Lipinski definition) is 2. The molecule has 98 valence electrons. The Labute approximate surface area is 115 Å². The Bertz CT molecular complexity index is 395. The molecule has 0 unspecified atom stereocenters. The molecule has 0 radical (unpaired) electrons. The number of piperazine rings is 1. The summed E-state index contributed by atoms with van der Waals surface area (Å²) in [4.78, 5) is 4.93. The Morgan fingerprint density at radius 3 is 2.61 bits per heavy atom. The van der Waals surface area contributed by atoms with Crippen molar-refractivity contribution < 1.29 is 0 Å². The average molecular weight is 265 g/mol. The van der Waals surface area contributed by atoms with Gasteiger partial charge in [0.15, 0.2) is 0 Å². The van der Waals surface area contributed by atoms with Crippen LogP contribution in [0.5, 0.6) is 0 Å². The molecule has 3 heteroatoms. The van der Waals surface area contributed by atoms with Gasteiger partial charge in [-0.1, -0.05) is 24.3 Å². The van der Waals surface area contributed by atoms with Crippen molar-refractivity contribution in [1.82, 2.24) is 4.90 Å². The Balaban J connectivity index is 1.85. The number of aryl methyl sites for hydroxylation is 1. The third kappa shape index (κ3) is 3.76. The Hall–Kier alpha value is -0.990. The summed E-state index contributed by atoms with van der Waals surface area (Å²) < 4.78 is 0. The lowest BCUT2D eigenvalue weighted by Crippen LogP contribution is -2.46. The Morgan fingerprint density at radius 2 is 1.94 bits per heavy atom. The normalized spacial score (nSPS) is 17.6. The fourth-order valence-electron chi connectivity index (χ4n) is 2.30. The third-order valence-electron chi connectivity index (χ3n) is 3.36. The van der Waals surface area contributed by atoms with Gasteiger partial charge in [-0.3, -0.25) is 4.90 Å². The molecule has 18 heavy (non-hydrogen) atoms. The van der Waals surface area contributed by atoms with E-state index < -0.39 is 0 Å². The number of alkyl halides is 1. The zero-order valence-corrected chi connectivity index (χ0v) is 11.7. The lowest BCUT2D eigenvalue weighted by Gasteiger charge is -2.35. The topological polar surface area (TPSA) is 6.48 Å². The second kappa shape index (κ2) is 6.81. The van der Waals surface area contributed by atoms with Crippen LogP contribution in [0.2, 0.25) is 0 Å². The van der Waals surface area contributed by atoms with Crippen LogP contribution in [-0.4, -0.2) is 43.5 Å². The third-order valence-corrected chi connectivity index (χ3v) is 3.54. The van der Waals surface area contributed by atoms with Gasteiger partial charge in [-0.2, -0.15) is 0 Å². The Morgan fingerprint density at radius 1 is 1.17 bits per heavy atom. The highest BCUT2D eigenvalue weighted by Gasteiger charge is 2.15. The first-order chi connectivity index (χ1) is 8.79. The SMILES string of the molecule is Cc1cccc(N2CCN(CC=CCCl)CC2)c1. The van der Waals surface area contributed by atoms with Gasteiger partial charge in [0.1, 0.15) is 0 Å². The van der Waals surface area contributed by atoms with E-state index in [2.05, 4.69) is 47.1 Å².